The number of non-ortho nitro benzene ring substituents is 1. The van der Waals surface area contributed by atoms with Gasteiger partial charge in [-0.05, 0) is 55.5 Å². The Labute approximate surface area is 269 Å². The number of carbonyl (C=O) groups excluding carboxylic acids is 2. The molecule has 10 heteroatoms. The van der Waals surface area contributed by atoms with Crippen molar-refractivity contribution < 1.29 is 24.0 Å². The first-order chi connectivity index (χ1) is 22.3. The lowest BCUT2D eigenvalue weighted by atomic mass is 9.68. The number of dihydropyridines is 1. The summed E-state index contributed by atoms with van der Waals surface area (Å²) in [5.41, 5.74) is 9.73. The van der Waals surface area contributed by atoms with Crippen LogP contribution in [0, 0.1) is 10.1 Å². The maximum atomic E-state index is 13.7. The fourth-order valence-electron chi connectivity index (χ4n) is 6.73. The van der Waals surface area contributed by atoms with Crippen LogP contribution in [0.5, 0.6) is 0 Å². The zero-order valence-corrected chi connectivity index (χ0v) is 26.2. The summed E-state index contributed by atoms with van der Waals surface area (Å²) in [5, 5.41) is 14.5. The lowest BCUT2D eigenvalue weighted by Crippen LogP contribution is -2.43. The quantitative estimate of drug-likeness (QED) is 0.126. The number of nitrogens with one attached hydrogen (secondary N) is 1. The molecule has 1 unspecified atom stereocenters. The van der Waals surface area contributed by atoms with E-state index in [2.05, 4.69) is 70.9 Å². The van der Waals surface area contributed by atoms with Gasteiger partial charge in [0.2, 0.25) is 0 Å². The van der Waals surface area contributed by atoms with Gasteiger partial charge in [-0.25, -0.2) is 9.59 Å². The van der Waals surface area contributed by atoms with Crippen LogP contribution in [0.2, 0.25) is 0 Å². The molecule has 1 atom stereocenters. The van der Waals surface area contributed by atoms with E-state index >= 15 is 0 Å². The van der Waals surface area contributed by atoms with E-state index in [9.17, 15) is 19.7 Å². The maximum Gasteiger partial charge on any atom is 0.338 e. The van der Waals surface area contributed by atoms with E-state index in [0.29, 0.717) is 24.1 Å². The molecule has 5 rings (SSSR count). The Hall–Kier alpha value is -4.96. The lowest BCUT2D eigenvalue weighted by Gasteiger charge is -2.43. The number of esters is 2. The normalized spacial score (nSPS) is 18.1. The predicted molar refractivity (Wildman–Crippen MR) is 174 cm³/mol. The number of nitrogens with zero attached hydrogens (tertiary/aromatic N) is 2. The molecule has 2 aliphatic rings. The van der Waals surface area contributed by atoms with Gasteiger partial charge in [0.15, 0.2) is 0 Å². The van der Waals surface area contributed by atoms with Crippen molar-refractivity contribution in [2.75, 3.05) is 33.4 Å². The summed E-state index contributed by atoms with van der Waals surface area (Å²) in [6.45, 7) is 4.60. The molecule has 46 heavy (non-hydrogen) atoms. The molecule has 2 heterocycles. The van der Waals surface area contributed by atoms with Crippen molar-refractivity contribution in [1.82, 2.24) is 10.2 Å². The van der Waals surface area contributed by atoms with Crippen molar-refractivity contribution in [3.05, 3.63) is 134 Å². The minimum atomic E-state index is -0.998. The van der Waals surface area contributed by atoms with Crippen molar-refractivity contribution in [2.45, 2.75) is 43.9 Å². The molecule has 2 aliphatic heterocycles. The molecule has 0 bridgehead atoms. The highest BCUT2D eigenvalue weighted by atomic mass is 16.6. The van der Waals surface area contributed by atoms with E-state index in [1.165, 1.54) is 36.4 Å². The van der Waals surface area contributed by atoms with E-state index in [0.717, 1.165) is 32.5 Å². The summed E-state index contributed by atoms with van der Waals surface area (Å²) < 4.78 is 10.8. The number of allylic oxidation sites excluding steroid dienone is 1. The molecule has 1 fully saturated rings. The number of piperidine rings is 1. The molecule has 10 nitrogen and oxygen atoms in total. The van der Waals surface area contributed by atoms with Crippen LogP contribution in [-0.2, 0) is 24.5 Å². The molecule has 3 aromatic rings. The molecule has 240 valence electrons. The third kappa shape index (κ3) is 6.67. The average Bonchev–Trinajstić information content (AvgIpc) is 3.10. The molecule has 3 N–H and O–H groups in total. The van der Waals surface area contributed by atoms with Crippen molar-refractivity contribution in [1.29, 1.82) is 0 Å². The van der Waals surface area contributed by atoms with Crippen molar-refractivity contribution in [2.24, 2.45) is 5.73 Å². The van der Waals surface area contributed by atoms with Crippen LogP contribution in [0.4, 0.5) is 5.69 Å². The Kier molecular flexibility index (Phi) is 10.2. The first kappa shape index (κ1) is 32.4. The molecule has 0 amide bonds. The number of benzene rings is 3. The standard InChI is InChI=1S/C36H40N4O6/c1-3-29-31(30(32(33(37)38-29)34(41)45-2)25-12-10-17-28(24-25)40(43)44)35(42)46-23-11-20-39-21-18-36(19-22-39,26-13-6-4-7-14-26)27-15-8-5-9-16-27/h4-10,12-17,24,30,38H,3,11,18-23,37H2,1-2H3. The number of hydrogen-bond acceptors (Lipinski definition) is 9. The number of likely N-dealkylation sites (tertiary alicyclic amines) is 1. The second kappa shape index (κ2) is 14.4. The summed E-state index contributed by atoms with van der Waals surface area (Å²) in [4.78, 5) is 40.0. The number of hydrogen-bond donors (Lipinski definition) is 2. The molecule has 0 saturated carbocycles. The molecule has 0 aromatic heterocycles. The average molecular weight is 625 g/mol. The molecular formula is C36H40N4O6. The van der Waals surface area contributed by atoms with Gasteiger partial charge in [0.25, 0.3) is 5.69 Å². The number of nitro benzene ring substituents is 1. The van der Waals surface area contributed by atoms with Crippen molar-refractivity contribution in [3.63, 3.8) is 0 Å². The first-order valence-electron chi connectivity index (χ1n) is 15.6. The largest absolute Gasteiger partial charge is 0.466 e. The van der Waals surface area contributed by atoms with E-state index in [1.54, 1.807) is 6.07 Å². The van der Waals surface area contributed by atoms with Gasteiger partial charge in [-0.15, -0.1) is 0 Å². The number of rotatable bonds is 11. The van der Waals surface area contributed by atoms with Gasteiger partial charge in [-0.3, -0.25) is 10.1 Å². The van der Waals surface area contributed by atoms with Gasteiger partial charge >= 0.3 is 11.9 Å². The van der Waals surface area contributed by atoms with Crippen molar-refractivity contribution >= 4 is 17.6 Å². The fraction of sp³-hybridized carbons (Fsp3) is 0.333. The number of methoxy groups -OCH3 is 1. The van der Waals surface area contributed by atoms with Crippen LogP contribution >= 0.6 is 0 Å². The Morgan fingerprint density at radius 1 is 0.957 bits per heavy atom. The Morgan fingerprint density at radius 3 is 2.15 bits per heavy atom. The van der Waals surface area contributed by atoms with Gasteiger partial charge in [-0.1, -0.05) is 79.7 Å². The number of nitrogens with two attached hydrogens (primary N) is 1. The van der Waals surface area contributed by atoms with Crippen LogP contribution in [0.1, 0.15) is 55.2 Å². The van der Waals surface area contributed by atoms with Crippen LogP contribution in [-0.4, -0.2) is 55.1 Å². The molecule has 1 saturated heterocycles. The van der Waals surface area contributed by atoms with E-state index < -0.39 is 22.8 Å². The number of carbonyl (C=O) groups is 2. The van der Waals surface area contributed by atoms with Crippen molar-refractivity contribution in [3.8, 4) is 0 Å². The van der Waals surface area contributed by atoms with Gasteiger partial charge in [0.05, 0.1) is 35.7 Å². The summed E-state index contributed by atoms with van der Waals surface area (Å²) in [6.07, 6.45) is 2.98. The van der Waals surface area contributed by atoms with Crippen LogP contribution in [0.15, 0.2) is 108 Å². The first-order valence-corrected chi connectivity index (χ1v) is 15.6. The highest BCUT2D eigenvalue weighted by molar-refractivity contribution is 5.99. The van der Waals surface area contributed by atoms with Gasteiger partial charge < -0.3 is 25.4 Å². The smallest absolute Gasteiger partial charge is 0.338 e. The Bertz CT molecular complexity index is 1590. The van der Waals surface area contributed by atoms with E-state index in [1.807, 2.05) is 6.92 Å². The van der Waals surface area contributed by atoms with Crippen LogP contribution in [0.25, 0.3) is 0 Å². The topological polar surface area (TPSA) is 137 Å². The van der Waals surface area contributed by atoms with Gasteiger partial charge in [0, 0.05) is 29.8 Å². The SMILES string of the molecule is CCC1=C(C(=O)OCCCN2CCC(c3ccccc3)(c3ccccc3)CC2)C(c2cccc([N+](=O)[O-])c2)C(C(=O)OC)=C(N)N1. The van der Waals surface area contributed by atoms with E-state index in [-0.39, 0.29) is 34.7 Å². The summed E-state index contributed by atoms with van der Waals surface area (Å²) in [7, 11) is 1.22. The lowest BCUT2D eigenvalue weighted by molar-refractivity contribution is -0.384. The third-order valence-electron chi connectivity index (χ3n) is 9.09. The molecule has 0 spiro atoms. The Morgan fingerprint density at radius 2 is 1.59 bits per heavy atom. The second-order valence-electron chi connectivity index (χ2n) is 11.6. The summed E-state index contributed by atoms with van der Waals surface area (Å²) in [5.74, 6) is -2.32. The monoisotopic (exact) mass is 624 g/mol. The van der Waals surface area contributed by atoms with Gasteiger partial charge in [-0.2, -0.15) is 0 Å². The minimum Gasteiger partial charge on any atom is -0.466 e. The maximum absolute atomic E-state index is 13.7. The molecular weight excluding hydrogens is 584 g/mol. The van der Waals surface area contributed by atoms with Crippen LogP contribution in [0.3, 0.4) is 0 Å². The van der Waals surface area contributed by atoms with Crippen LogP contribution < -0.4 is 11.1 Å². The highest BCUT2D eigenvalue weighted by Gasteiger charge is 2.40. The zero-order chi connectivity index (χ0) is 32.7. The third-order valence-corrected chi connectivity index (χ3v) is 9.09. The number of ether oxygens (including phenoxy) is 2. The number of nitro groups is 1. The Balaban J connectivity index is 1.27. The second-order valence-corrected chi connectivity index (χ2v) is 11.6. The molecule has 0 radical (unpaired) electrons. The zero-order valence-electron chi connectivity index (χ0n) is 26.2. The summed E-state index contributed by atoms with van der Waals surface area (Å²) in [6, 6.07) is 27.2. The fourth-order valence-corrected chi connectivity index (χ4v) is 6.73. The highest BCUT2D eigenvalue weighted by Crippen LogP contribution is 2.42. The minimum absolute atomic E-state index is 0.000722. The summed E-state index contributed by atoms with van der Waals surface area (Å²) >= 11 is 0. The predicted octanol–water partition coefficient (Wildman–Crippen LogP) is 5.30. The van der Waals surface area contributed by atoms with E-state index in [4.69, 9.17) is 15.2 Å². The molecule has 3 aromatic carbocycles. The molecule has 0 aliphatic carbocycles. The van der Waals surface area contributed by atoms with Gasteiger partial charge in [0.1, 0.15) is 5.82 Å².